The van der Waals surface area contributed by atoms with Gasteiger partial charge in [-0.15, -0.1) is 0 Å². The highest BCUT2D eigenvalue weighted by Gasteiger charge is 2.29. The highest BCUT2D eigenvalue weighted by Crippen LogP contribution is 2.33. The van der Waals surface area contributed by atoms with Crippen molar-refractivity contribution in [2.45, 2.75) is 70.8 Å². The summed E-state index contributed by atoms with van der Waals surface area (Å²) in [5.41, 5.74) is -0.326. The van der Waals surface area contributed by atoms with E-state index in [9.17, 15) is 5.26 Å². The number of hydrogen-bond donors (Lipinski definition) is 1. The molecule has 0 aromatic rings. The quantitative estimate of drug-likeness (QED) is 0.559. The molecule has 2 rings (SSSR count). The van der Waals surface area contributed by atoms with Gasteiger partial charge in [0.25, 0.3) is 0 Å². The number of rotatable bonds is 12. The summed E-state index contributed by atoms with van der Waals surface area (Å²) < 4.78 is 0. The Morgan fingerprint density at radius 2 is 1.76 bits per heavy atom. The van der Waals surface area contributed by atoms with E-state index in [-0.39, 0.29) is 5.54 Å². The Morgan fingerprint density at radius 3 is 2.24 bits per heavy atom. The standard InChI is InChI=1S/C18H33N3/c1-3-11-20-18(2,15-19)10-4-5-12-21(13-16-6-7-16)14-17-8-9-17/h16-17,20H,3-14H2,1-2H3. The molecular formula is C18H33N3. The summed E-state index contributed by atoms with van der Waals surface area (Å²) in [6, 6.07) is 2.46. The Hall–Kier alpha value is -0.590. The molecule has 2 saturated carbocycles. The Morgan fingerprint density at radius 1 is 1.14 bits per heavy atom. The van der Waals surface area contributed by atoms with Crippen LogP contribution in [0.2, 0.25) is 0 Å². The van der Waals surface area contributed by atoms with Crippen LogP contribution in [0.5, 0.6) is 0 Å². The van der Waals surface area contributed by atoms with Gasteiger partial charge in [-0.1, -0.05) is 6.92 Å². The number of hydrogen-bond acceptors (Lipinski definition) is 3. The molecule has 0 heterocycles. The van der Waals surface area contributed by atoms with Crippen molar-refractivity contribution in [2.75, 3.05) is 26.2 Å². The number of nitrogens with zero attached hydrogens (tertiary/aromatic N) is 2. The first-order chi connectivity index (χ1) is 10.1. The van der Waals surface area contributed by atoms with Crippen molar-refractivity contribution >= 4 is 0 Å². The van der Waals surface area contributed by atoms with Crippen LogP contribution < -0.4 is 5.32 Å². The highest BCUT2D eigenvalue weighted by molar-refractivity contribution is 5.03. The molecule has 0 aliphatic heterocycles. The number of nitriles is 1. The van der Waals surface area contributed by atoms with Crippen LogP contribution in [0.25, 0.3) is 0 Å². The van der Waals surface area contributed by atoms with Crippen LogP contribution in [0.15, 0.2) is 0 Å². The second-order valence-electron chi connectivity index (χ2n) is 7.47. The summed E-state index contributed by atoms with van der Waals surface area (Å²) in [6.45, 7) is 9.05. The molecule has 0 saturated heterocycles. The minimum Gasteiger partial charge on any atom is -0.303 e. The number of nitrogens with one attached hydrogen (secondary N) is 1. The zero-order chi connectivity index (χ0) is 15.1. The molecule has 120 valence electrons. The third-order valence-corrected chi connectivity index (χ3v) is 4.84. The Kier molecular flexibility index (Phi) is 6.51. The molecule has 0 spiro atoms. The minimum absolute atomic E-state index is 0.326. The van der Waals surface area contributed by atoms with E-state index >= 15 is 0 Å². The largest absolute Gasteiger partial charge is 0.303 e. The third-order valence-electron chi connectivity index (χ3n) is 4.84. The third kappa shape index (κ3) is 6.80. The molecule has 3 nitrogen and oxygen atoms in total. The summed E-state index contributed by atoms with van der Waals surface area (Å²) in [4.78, 5) is 2.71. The lowest BCUT2D eigenvalue weighted by Gasteiger charge is -2.25. The van der Waals surface area contributed by atoms with Gasteiger partial charge >= 0.3 is 0 Å². The second kappa shape index (κ2) is 8.15. The Balaban J connectivity index is 1.62. The van der Waals surface area contributed by atoms with Crippen LogP contribution in [0, 0.1) is 23.2 Å². The topological polar surface area (TPSA) is 39.1 Å². The molecule has 1 atom stereocenters. The van der Waals surface area contributed by atoms with E-state index in [1.807, 2.05) is 0 Å². The van der Waals surface area contributed by atoms with Gasteiger partial charge in [-0.3, -0.25) is 5.32 Å². The van der Waals surface area contributed by atoms with Gasteiger partial charge in [-0.25, -0.2) is 0 Å². The van der Waals surface area contributed by atoms with Crippen molar-refractivity contribution in [3.8, 4) is 6.07 Å². The fraction of sp³-hybridized carbons (Fsp3) is 0.944. The van der Waals surface area contributed by atoms with E-state index < -0.39 is 0 Å². The normalized spacial score (nSPS) is 21.2. The molecule has 1 N–H and O–H groups in total. The van der Waals surface area contributed by atoms with Crippen molar-refractivity contribution in [1.29, 1.82) is 5.26 Å². The van der Waals surface area contributed by atoms with Crippen LogP contribution in [-0.4, -0.2) is 36.6 Å². The van der Waals surface area contributed by atoms with E-state index in [0.717, 1.165) is 37.6 Å². The molecule has 0 bridgehead atoms. The molecule has 0 amide bonds. The Bertz CT molecular complexity index is 327. The van der Waals surface area contributed by atoms with Crippen molar-refractivity contribution in [3.05, 3.63) is 0 Å². The molecule has 0 aromatic carbocycles. The van der Waals surface area contributed by atoms with Crippen molar-refractivity contribution in [3.63, 3.8) is 0 Å². The van der Waals surface area contributed by atoms with Gasteiger partial charge in [0.2, 0.25) is 0 Å². The van der Waals surface area contributed by atoms with E-state index in [2.05, 4.69) is 30.1 Å². The monoisotopic (exact) mass is 291 g/mol. The van der Waals surface area contributed by atoms with Crippen LogP contribution in [0.4, 0.5) is 0 Å². The van der Waals surface area contributed by atoms with Gasteiger partial charge in [0.1, 0.15) is 5.54 Å². The molecule has 21 heavy (non-hydrogen) atoms. The molecule has 2 aliphatic carbocycles. The van der Waals surface area contributed by atoms with Crippen LogP contribution in [-0.2, 0) is 0 Å². The summed E-state index contributed by atoms with van der Waals surface area (Å²) in [7, 11) is 0. The van der Waals surface area contributed by atoms with Crippen molar-refractivity contribution in [2.24, 2.45) is 11.8 Å². The molecule has 2 aliphatic rings. The SMILES string of the molecule is CCCNC(C)(C#N)CCCCN(CC1CC1)CC1CC1. The summed E-state index contributed by atoms with van der Waals surface area (Å²) >= 11 is 0. The lowest BCUT2D eigenvalue weighted by atomic mass is 9.96. The maximum absolute atomic E-state index is 9.35. The van der Waals surface area contributed by atoms with Gasteiger partial charge in [0, 0.05) is 13.1 Å². The minimum atomic E-state index is -0.326. The highest BCUT2D eigenvalue weighted by atomic mass is 15.1. The molecule has 0 radical (unpaired) electrons. The van der Waals surface area contributed by atoms with Crippen molar-refractivity contribution in [1.82, 2.24) is 10.2 Å². The molecule has 2 fully saturated rings. The average Bonchev–Trinajstić information content (AvgIpc) is 3.37. The predicted octanol–water partition coefficient (Wildman–Crippen LogP) is 3.56. The first-order valence-corrected chi connectivity index (χ1v) is 9.04. The predicted molar refractivity (Wildman–Crippen MR) is 88.1 cm³/mol. The molecule has 1 unspecified atom stereocenters. The van der Waals surface area contributed by atoms with Crippen LogP contribution in [0.1, 0.15) is 65.2 Å². The fourth-order valence-corrected chi connectivity index (χ4v) is 2.99. The van der Waals surface area contributed by atoms with E-state index in [0.29, 0.717) is 0 Å². The first-order valence-electron chi connectivity index (χ1n) is 9.04. The smallest absolute Gasteiger partial charge is 0.103 e. The van der Waals surface area contributed by atoms with Gasteiger partial charge < -0.3 is 4.90 Å². The van der Waals surface area contributed by atoms with Crippen LogP contribution >= 0.6 is 0 Å². The molecular weight excluding hydrogens is 258 g/mol. The van der Waals surface area contributed by atoms with Crippen molar-refractivity contribution < 1.29 is 0 Å². The van der Waals surface area contributed by atoms with Gasteiger partial charge in [-0.05, 0) is 83.2 Å². The lowest BCUT2D eigenvalue weighted by molar-refractivity contribution is 0.243. The van der Waals surface area contributed by atoms with Gasteiger partial charge in [0.15, 0.2) is 0 Å². The van der Waals surface area contributed by atoms with Gasteiger partial charge in [0.05, 0.1) is 6.07 Å². The number of unbranched alkanes of at least 4 members (excludes halogenated alkanes) is 1. The van der Waals surface area contributed by atoms with E-state index in [4.69, 9.17) is 0 Å². The van der Waals surface area contributed by atoms with E-state index in [1.165, 1.54) is 51.7 Å². The second-order valence-corrected chi connectivity index (χ2v) is 7.47. The zero-order valence-corrected chi connectivity index (χ0v) is 14.0. The molecule has 3 heteroatoms. The molecule has 0 aromatic heterocycles. The maximum atomic E-state index is 9.35. The Labute approximate surface area is 131 Å². The average molecular weight is 291 g/mol. The first kappa shape index (κ1) is 16.8. The van der Waals surface area contributed by atoms with Gasteiger partial charge in [-0.2, -0.15) is 5.26 Å². The van der Waals surface area contributed by atoms with Crippen LogP contribution in [0.3, 0.4) is 0 Å². The lowest BCUT2D eigenvalue weighted by Crippen LogP contribution is -2.41. The zero-order valence-electron chi connectivity index (χ0n) is 14.0. The summed E-state index contributed by atoms with van der Waals surface area (Å²) in [5, 5.41) is 12.7. The maximum Gasteiger partial charge on any atom is 0.103 e. The van der Waals surface area contributed by atoms with E-state index in [1.54, 1.807) is 0 Å². The summed E-state index contributed by atoms with van der Waals surface area (Å²) in [5.74, 6) is 2.00. The summed E-state index contributed by atoms with van der Waals surface area (Å²) in [6.07, 6.45) is 10.3. The fourth-order valence-electron chi connectivity index (χ4n) is 2.99.